The molecule has 1 aromatic rings. The molecule has 0 bridgehead atoms. The molecule has 2 rings (SSSR count). The number of fused-ring (bicyclic) bond motifs is 1. The molecule has 0 fully saturated rings. The van der Waals surface area contributed by atoms with Crippen molar-refractivity contribution in [3.05, 3.63) is 28.2 Å². The molecule has 1 unspecified atom stereocenters. The van der Waals surface area contributed by atoms with Gasteiger partial charge in [0, 0.05) is 10.2 Å². The molecule has 0 saturated heterocycles. The number of rotatable bonds is 2. The van der Waals surface area contributed by atoms with Gasteiger partial charge in [0.15, 0.2) is 0 Å². The van der Waals surface area contributed by atoms with Gasteiger partial charge < -0.3 is 10.4 Å². The molecule has 1 amide bonds. The number of carboxylic acids is 1. The van der Waals surface area contributed by atoms with Crippen LogP contribution in [0.4, 0.5) is 5.69 Å². The predicted octanol–water partition coefficient (Wildman–Crippen LogP) is 1.96. The van der Waals surface area contributed by atoms with Crippen LogP contribution >= 0.6 is 15.9 Å². The van der Waals surface area contributed by atoms with E-state index in [2.05, 4.69) is 21.2 Å². The molecule has 1 aliphatic rings. The van der Waals surface area contributed by atoms with Gasteiger partial charge in [-0.3, -0.25) is 9.59 Å². The minimum Gasteiger partial charge on any atom is -0.481 e. The maximum absolute atomic E-state index is 11.5. The highest BCUT2D eigenvalue weighted by Crippen LogP contribution is 2.36. The summed E-state index contributed by atoms with van der Waals surface area (Å²) >= 11 is 3.29. The number of carboxylic acid groups (broad SMARTS) is 1. The van der Waals surface area contributed by atoms with Gasteiger partial charge in [-0.25, -0.2) is 0 Å². The molecule has 5 heteroatoms. The first kappa shape index (κ1) is 10.2. The zero-order valence-electron chi connectivity index (χ0n) is 7.66. The lowest BCUT2D eigenvalue weighted by Gasteiger charge is -2.04. The zero-order chi connectivity index (χ0) is 11.0. The molecule has 0 radical (unpaired) electrons. The van der Waals surface area contributed by atoms with Crippen LogP contribution in [0.15, 0.2) is 22.7 Å². The van der Waals surface area contributed by atoms with E-state index in [1.165, 1.54) is 0 Å². The van der Waals surface area contributed by atoms with E-state index in [0.29, 0.717) is 5.69 Å². The van der Waals surface area contributed by atoms with Gasteiger partial charge in [0.25, 0.3) is 0 Å². The van der Waals surface area contributed by atoms with E-state index in [9.17, 15) is 9.59 Å². The van der Waals surface area contributed by atoms with Crippen LogP contribution in [0.3, 0.4) is 0 Å². The number of hydrogen-bond donors (Lipinski definition) is 2. The maximum Gasteiger partial charge on any atom is 0.304 e. The monoisotopic (exact) mass is 269 g/mol. The lowest BCUT2D eigenvalue weighted by molar-refractivity contribution is -0.138. The highest BCUT2D eigenvalue weighted by atomic mass is 79.9. The number of aliphatic carboxylic acids is 1. The largest absolute Gasteiger partial charge is 0.481 e. The molecule has 1 atom stereocenters. The first-order valence-electron chi connectivity index (χ1n) is 4.40. The quantitative estimate of drug-likeness (QED) is 0.863. The maximum atomic E-state index is 11.5. The van der Waals surface area contributed by atoms with Crippen molar-refractivity contribution in [2.75, 3.05) is 5.32 Å². The van der Waals surface area contributed by atoms with Crippen molar-refractivity contribution in [3.63, 3.8) is 0 Å². The topological polar surface area (TPSA) is 66.4 Å². The van der Waals surface area contributed by atoms with Crippen LogP contribution in [0, 0.1) is 0 Å². The van der Waals surface area contributed by atoms with Gasteiger partial charge in [0.1, 0.15) is 0 Å². The Labute approximate surface area is 94.4 Å². The number of anilines is 1. The minimum atomic E-state index is -0.967. The summed E-state index contributed by atoms with van der Waals surface area (Å²) in [6, 6.07) is 5.34. The summed E-state index contributed by atoms with van der Waals surface area (Å²) in [7, 11) is 0. The average molecular weight is 270 g/mol. The van der Waals surface area contributed by atoms with Crippen molar-refractivity contribution in [2.45, 2.75) is 12.3 Å². The lowest BCUT2D eigenvalue weighted by Crippen LogP contribution is -2.15. The second-order valence-electron chi connectivity index (χ2n) is 3.37. The average Bonchev–Trinajstić information content (AvgIpc) is 2.41. The van der Waals surface area contributed by atoms with Crippen molar-refractivity contribution in [2.24, 2.45) is 0 Å². The second kappa shape index (κ2) is 3.66. The van der Waals surface area contributed by atoms with E-state index in [-0.39, 0.29) is 12.3 Å². The fraction of sp³-hybridized carbons (Fsp3) is 0.200. The second-order valence-corrected chi connectivity index (χ2v) is 4.29. The summed E-state index contributed by atoms with van der Waals surface area (Å²) in [4.78, 5) is 22.1. The molecule has 0 spiro atoms. The SMILES string of the molecule is O=C(O)CC1C(=O)Nc2cc(Br)ccc21. The Morgan fingerprint density at radius 1 is 1.53 bits per heavy atom. The van der Waals surface area contributed by atoms with Crippen LogP contribution in [0.1, 0.15) is 17.9 Å². The Morgan fingerprint density at radius 3 is 2.93 bits per heavy atom. The van der Waals surface area contributed by atoms with Gasteiger partial charge >= 0.3 is 5.97 Å². The van der Waals surface area contributed by atoms with E-state index in [4.69, 9.17) is 5.11 Å². The fourth-order valence-corrected chi connectivity index (χ4v) is 2.04. The van der Waals surface area contributed by atoms with Gasteiger partial charge in [0.05, 0.1) is 12.3 Å². The molecular weight excluding hydrogens is 262 g/mol. The summed E-state index contributed by atoms with van der Waals surface area (Å²) in [5, 5.41) is 11.3. The van der Waals surface area contributed by atoms with Gasteiger partial charge in [-0.15, -0.1) is 0 Å². The zero-order valence-corrected chi connectivity index (χ0v) is 9.24. The van der Waals surface area contributed by atoms with Crippen molar-refractivity contribution < 1.29 is 14.7 Å². The van der Waals surface area contributed by atoms with E-state index in [0.717, 1.165) is 10.0 Å². The Bertz CT molecular complexity index is 444. The highest BCUT2D eigenvalue weighted by Gasteiger charge is 2.32. The number of benzene rings is 1. The number of carbonyl (C=O) groups is 2. The van der Waals surface area contributed by atoms with Crippen LogP contribution in [-0.4, -0.2) is 17.0 Å². The molecule has 0 saturated carbocycles. The van der Waals surface area contributed by atoms with Gasteiger partial charge in [-0.05, 0) is 17.7 Å². The Balaban J connectivity index is 2.37. The smallest absolute Gasteiger partial charge is 0.304 e. The number of nitrogens with one attached hydrogen (secondary N) is 1. The molecule has 2 N–H and O–H groups in total. The van der Waals surface area contributed by atoms with E-state index in [1.54, 1.807) is 18.2 Å². The number of carbonyl (C=O) groups excluding carboxylic acids is 1. The summed E-state index contributed by atoms with van der Waals surface area (Å²) in [5.74, 6) is -1.78. The van der Waals surface area contributed by atoms with E-state index < -0.39 is 11.9 Å². The standard InChI is InChI=1S/C10H8BrNO3/c11-5-1-2-6-7(4-9(13)14)10(15)12-8(6)3-5/h1-3,7H,4H2,(H,12,15)(H,13,14). The third-order valence-corrected chi connectivity index (χ3v) is 2.84. The van der Waals surface area contributed by atoms with Crippen LogP contribution in [0.2, 0.25) is 0 Å². The molecule has 78 valence electrons. The van der Waals surface area contributed by atoms with Gasteiger partial charge in [-0.2, -0.15) is 0 Å². The number of halogens is 1. The van der Waals surface area contributed by atoms with Crippen LogP contribution in [0.25, 0.3) is 0 Å². The Kier molecular flexibility index (Phi) is 2.48. The molecule has 0 aliphatic carbocycles. The van der Waals surface area contributed by atoms with Gasteiger partial charge in [0.2, 0.25) is 5.91 Å². The van der Waals surface area contributed by atoms with Crippen LogP contribution in [0.5, 0.6) is 0 Å². The number of hydrogen-bond acceptors (Lipinski definition) is 2. The van der Waals surface area contributed by atoms with E-state index >= 15 is 0 Å². The molecular formula is C10H8BrNO3. The molecule has 1 aliphatic heterocycles. The van der Waals surface area contributed by atoms with Crippen LogP contribution in [-0.2, 0) is 9.59 Å². The molecule has 4 nitrogen and oxygen atoms in total. The minimum absolute atomic E-state index is 0.166. The third-order valence-electron chi connectivity index (χ3n) is 2.34. The van der Waals surface area contributed by atoms with E-state index in [1.807, 2.05) is 0 Å². The molecule has 1 aromatic carbocycles. The molecule has 1 heterocycles. The predicted molar refractivity (Wildman–Crippen MR) is 57.8 cm³/mol. The summed E-state index contributed by atoms with van der Waals surface area (Å²) in [5.41, 5.74) is 1.45. The van der Waals surface area contributed by atoms with Crippen molar-refractivity contribution in [3.8, 4) is 0 Å². The fourth-order valence-electron chi connectivity index (χ4n) is 1.68. The molecule has 0 aromatic heterocycles. The summed E-state index contributed by atoms with van der Waals surface area (Å²) < 4.78 is 0.859. The first-order chi connectivity index (χ1) is 7.08. The lowest BCUT2D eigenvalue weighted by atomic mass is 9.97. The summed E-state index contributed by atoms with van der Waals surface area (Å²) in [6.45, 7) is 0. The molecule has 15 heavy (non-hydrogen) atoms. The third kappa shape index (κ3) is 1.87. The Hall–Kier alpha value is -1.36. The highest BCUT2D eigenvalue weighted by molar-refractivity contribution is 9.10. The Morgan fingerprint density at radius 2 is 2.27 bits per heavy atom. The normalized spacial score (nSPS) is 18.5. The van der Waals surface area contributed by atoms with Crippen LogP contribution < -0.4 is 5.32 Å². The first-order valence-corrected chi connectivity index (χ1v) is 5.19. The van der Waals surface area contributed by atoms with Crippen molar-refractivity contribution in [1.82, 2.24) is 0 Å². The van der Waals surface area contributed by atoms with Gasteiger partial charge in [-0.1, -0.05) is 22.0 Å². The number of amides is 1. The summed E-state index contributed by atoms with van der Waals surface area (Å²) in [6.07, 6.45) is -0.166. The van der Waals surface area contributed by atoms with Crippen molar-refractivity contribution >= 4 is 33.5 Å². The van der Waals surface area contributed by atoms with Crippen molar-refractivity contribution in [1.29, 1.82) is 0 Å².